The van der Waals surface area contributed by atoms with Crippen molar-refractivity contribution >= 4 is 0 Å². The second kappa shape index (κ2) is 2.67. The predicted molar refractivity (Wildman–Crippen MR) is 37.3 cm³/mol. The van der Waals surface area contributed by atoms with Crippen molar-refractivity contribution < 1.29 is 0 Å². The Balaban J connectivity index is 2.69. The van der Waals surface area contributed by atoms with E-state index in [1.54, 1.807) is 0 Å². The minimum Gasteiger partial charge on any atom is -0.282 e. The molecule has 9 heavy (non-hydrogen) atoms. The van der Waals surface area contributed by atoms with Crippen molar-refractivity contribution in [2.75, 3.05) is 0 Å². The summed E-state index contributed by atoms with van der Waals surface area (Å²) in [6, 6.07) is 0. The first-order valence-corrected chi connectivity index (χ1v) is 3.33. The van der Waals surface area contributed by atoms with Crippen LogP contribution in [0.15, 0.2) is 6.20 Å². The fourth-order valence-electron chi connectivity index (χ4n) is 0.876. The van der Waals surface area contributed by atoms with Gasteiger partial charge in [-0.05, 0) is 18.9 Å². The zero-order chi connectivity index (χ0) is 6.69. The highest BCUT2D eigenvalue weighted by Crippen LogP contribution is 2.03. The number of aromatic amines is 1. The van der Waals surface area contributed by atoms with E-state index in [1.807, 2.05) is 6.20 Å². The van der Waals surface area contributed by atoms with Crippen LogP contribution in [0.3, 0.4) is 0 Å². The largest absolute Gasteiger partial charge is 0.282 e. The monoisotopic (exact) mass is 124 g/mol. The molecule has 0 spiro atoms. The highest BCUT2D eigenvalue weighted by molar-refractivity contribution is 5.13. The second-order valence-electron chi connectivity index (χ2n) is 2.28. The third-order valence-electron chi connectivity index (χ3n) is 1.43. The molecule has 50 valence electrons. The van der Waals surface area contributed by atoms with Gasteiger partial charge in [-0.15, -0.1) is 0 Å². The molecule has 2 heteroatoms. The Morgan fingerprint density at radius 2 is 2.44 bits per heavy atom. The Kier molecular flexibility index (Phi) is 1.88. The third kappa shape index (κ3) is 1.31. The summed E-state index contributed by atoms with van der Waals surface area (Å²) in [7, 11) is 0. The van der Waals surface area contributed by atoms with Crippen molar-refractivity contribution in [2.45, 2.75) is 26.7 Å². The van der Waals surface area contributed by atoms with Gasteiger partial charge in [0.25, 0.3) is 0 Å². The summed E-state index contributed by atoms with van der Waals surface area (Å²) in [4.78, 5) is 0. The van der Waals surface area contributed by atoms with Crippen LogP contribution >= 0.6 is 0 Å². The van der Waals surface area contributed by atoms with Crippen LogP contribution in [0.4, 0.5) is 0 Å². The van der Waals surface area contributed by atoms with Gasteiger partial charge < -0.3 is 0 Å². The van der Waals surface area contributed by atoms with Gasteiger partial charge in [-0.25, -0.2) is 0 Å². The van der Waals surface area contributed by atoms with E-state index in [0.717, 1.165) is 6.42 Å². The lowest BCUT2D eigenvalue weighted by atomic mass is 10.2. The minimum atomic E-state index is 1.12. The van der Waals surface area contributed by atoms with Crippen molar-refractivity contribution in [2.24, 2.45) is 0 Å². The van der Waals surface area contributed by atoms with Gasteiger partial charge in [-0.1, -0.05) is 13.3 Å². The number of aromatic nitrogens is 2. The number of H-pyrrole nitrogens is 1. The summed E-state index contributed by atoms with van der Waals surface area (Å²) in [5, 5.41) is 6.87. The normalized spacial score (nSPS) is 10.0. The molecule has 0 unspecified atom stereocenters. The molecule has 0 radical (unpaired) electrons. The topological polar surface area (TPSA) is 28.7 Å². The van der Waals surface area contributed by atoms with Crippen molar-refractivity contribution in [3.63, 3.8) is 0 Å². The summed E-state index contributed by atoms with van der Waals surface area (Å²) in [6.45, 7) is 4.24. The SMILES string of the molecule is CCCc1[nH]ncc1C. The van der Waals surface area contributed by atoms with Crippen LogP contribution in [-0.2, 0) is 6.42 Å². The van der Waals surface area contributed by atoms with E-state index in [0.29, 0.717) is 0 Å². The lowest BCUT2D eigenvalue weighted by Crippen LogP contribution is -1.84. The van der Waals surface area contributed by atoms with Crippen LogP contribution < -0.4 is 0 Å². The Morgan fingerprint density at radius 3 is 2.89 bits per heavy atom. The molecule has 0 aliphatic rings. The molecule has 2 nitrogen and oxygen atoms in total. The number of hydrogen-bond donors (Lipinski definition) is 1. The van der Waals surface area contributed by atoms with Gasteiger partial charge in [0, 0.05) is 5.69 Å². The Bertz CT molecular complexity index is 179. The molecule has 0 amide bonds. The number of rotatable bonds is 2. The summed E-state index contributed by atoms with van der Waals surface area (Å²) < 4.78 is 0. The lowest BCUT2D eigenvalue weighted by molar-refractivity contribution is 0.861. The van der Waals surface area contributed by atoms with E-state index in [-0.39, 0.29) is 0 Å². The average Bonchev–Trinajstić information content (AvgIpc) is 2.18. The molecule has 1 rings (SSSR count). The molecule has 1 N–H and O–H groups in total. The molecule has 1 heterocycles. The number of hydrogen-bond acceptors (Lipinski definition) is 1. The zero-order valence-electron chi connectivity index (χ0n) is 5.94. The van der Waals surface area contributed by atoms with E-state index < -0.39 is 0 Å². The highest BCUT2D eigenvalue weighted by atomic mass is 15.1. The number of nitrogens with zero attached hydrogens (tertiary/aromatic N) is 1. The Hall–Kier alpha value is -0.790. The molecule has 0 aliphatic heterocycles. The second-order valence-corrected chi connectivity index (χ2v) is 2.28. The highest BCUT2D eigenvalue weighted by Gasteiger charge is 1.95. The number of aryl methyl sites for hydroxylation is 2. The molecule has 0 fully saturated rings. The first-order chi connectivity index (χ1) is 4.34. The van der Waals surface area contributed by atoms with Gasteiger partial charge in [-0.3, -0.25) is 5.10 Å². The van der Waals surface area contributed by atoms with Gasteiger partial charge in [0.2, 0.25) is 0 Å². The van der Waals surface area contributed by atoms with Crippen LogP contribution in [0, 0.1) is 6.92 Å². The molecule has 0 saturated heterocycles. The Labute approximate surface area is 55.3 Å². The first kappa shape index (κ1) is 6.33. The lowest BCUT2D eigenvalue weighted by Gasteiger charge is -1.91. The van der Waals surface area contributed by atoms with E-state index in [4.69, 9.17) is 0 Å². The summed E-state index contributed by atoms with van der Waals surface area (Å²) >= 11 is 0. The van der Waals surface area contributed by atoms with E-state index >= 15 is 0 Å². The minimum absolute atomic E-state index is 1.12. The van der Waals surface area contributed by atoms with Gasteiger partial charge in [0.15, 0.2) is 0 Å². The molecule has 0 atom stereocenters. The predicted octanol–water partition coefficient (Wildman–Crippen LogP) is 1.67. The van der Waals surface area contributed by atoms with E-state index in [9.17, 15) is 0 Å². The van der Waals surface area contributed by atoms with Crippen LogP contribution in [-0.4, -0.2) is 10.2 Å². The van der Waals surface area contributed by atoms with Gasteiger partial charge in [0.05, 0.1) is 6.20 Å². The maximum Gasteiger partial charge on any atom is 0.0519 e. The van der Waals surface area contributed by atoms with E-state index in [2.05, 4.69) is 24.0 Å². The zero-order valence-corrected chi connectivity index (χ0v) is 5.94. The van der Waals surface area contributed by atoms with Gasteiger partial charge >= 0.3 is 0 Å². The van der Waals surface area contributed by atoms with E-state index in [1.165, 1.54) is 17.7 Å². The summed E-state index contributed by atoms with van der Waals surface area (Å²) in [5.74, 6) is 0. The smallest absolute Gasteiger partial charge is 0.0519 e. The molecule has 1 aromatic heterocycles. The van der Waals surface area contributed by atoms with Crippen LogP contribution in [0.5, 0.6) is 0 Å². The third-order valence-corrected chi connectivity index (χ3v) is 1.43. The van der Waals surface area contributed by atoms with Gasteiger partial charge in [-0.2, -0.15) is 5.10 Å². The van der Waals surface area contributed by atoms with Gasteiger partial charge in [0.1, 0.15) is 0 Å². The number of nitrogens with one attached hydrogen (secondary N) is 1. The first-order valence-electron chi connectivity index (χ1n) is 3.33. The van der Waals surface area contributed by atoms with Crippen LogP contribution in [0.2, 0.25) is 0 Å². The van der Waals surface area contributed by atoms with Crippen molar-refractivity contribution in [3.8, 4) is 0 Å². The average molecular weight is 124 g/mol. The maximum atomic E-state index is 3.92. The Morgan fingerprint density at radius 1 is 1.67 bits per heavy atom. The molecule has 0 saturated carbocycles. The van der Waals surface area contributed by atoms with Crippen molar-refractivity contribution in [1.29, 1.82) is 0 Å². The molecule has 1 aromatic rings. The summed E-state index contributed by atoms with van der Waals surface area (Å²) in [6.07, 6.45) is 4.17. The standard InChI is InChI=1S/C7H12N2/c1-3-4-7-6(2)5-8-9-7/h5H,3-4H2,1-2H3,(H,8,9). The van der Waals surface area contributed by atoms with Crippen LogP contribution in [0.25, 0.3) is 0 Å². The molecule has 0 aromatic carbocycles. The molecule has 0 bridgehead atoms. The molecular weight excluding hydrogens is 112 g/mol. The molecule has 0 aliphatic carbocycles. The van der Waals surface area contributed by atoms with Crippen molar-refractivity contribution in [3.05, 3.63) is 17.5 Å². The molecular formula is C7H12N2. The fourth-order valence-corrected chi connectivity index (χ4v) is 0.876. The van der Waals surface area contributed by atoms with Crippen molar-refractivity contribution in [1.82, 2.24) is 10.2 Å². The fraction of sp³-hybridized carbons (Fsp3) is 0.571. The summed E-state index contributed by atoms with van der Waals surface area (Å²) in [5.41, 5.74) is 2.55. The maximum absolute atomic E-state index is 3.92. The van der Waals surface area contributed by atoms with Crippen LogP contribution in [0.1, 0.15) is 24.6 Å². The quantitative estimate of drug-likeness (QED) is 0.638.